The maximum absolute atomic E-state index is 11.6. The lowest BCUT2D eigenvalue weighted by molar-refractivity contribution is -0.130. The van der Waals surface area contributed by atoms with E-state index in [4.69, 9.17) is 10.2 Å². The van der Waals surface area contributed by atoms with Crippen molar-refractivity contribution in [1.82, 2.24) is 34.4 Å². The molecular weight excluding hydrogens is 432 g/mol. The molecular formula is C24H24N8O2. The number of nitrogens with zero attached hydrogens (tertiary/aromatic N) is 7. The number of fused-ring (bicyclic) bond motifs is 2. The zero-order valence-corrected chi connectivity index (χ0v) is 19.0. The van der Waals surface area contributed by atoms with Gasteiger partial charge in [0, 0.05) is 62.0 Å². The normalized spacial score (nSPS) is 14.9. The second kappa shape index (κ2) is 7.68. The lowest BCUT2D eigenvalue weighted by atomic mass is 10.1. The summed E-state index contributed by atoms with van der Waals surface area (Å²) in [6.07, 6.45) is 10.7. The number of rotatable bonds is 3. The first-order valence-electron chi connectivity index (χ1n) is 11.2. The van der Waals surface area contributed by atoms with Crippen molar-refractivity contribution in [1.29, 1.82) is 0 Å². The van der Waals surface area contributed by atoms with Crippen molar-refractivity contribution in [2.24, 2.45) is 7.05 Å². The molecule has 0 aromatic carbocycles. The van der Waals surface area contributed by atoms with E-state index in [-0.39, 0.29) is 11.9 Å². The Morgan fingerprint density at radius 1 is 1.18 bits per heavy atom. The first-order chi connectivity index (χ1) is 16.5. The van der Waals surface area contributed by atoms with Crippen LogP contribution in [0.5, 0.6) is 0 Å². The van der Waals surface area contributed by atoms with Gasteiger partial charge in [-0.2, -0.15) is 10.2 Å². The Labute approximate surface area is 195 Å². The van der Waals surface area contributed by atoms with E-state index in [1.54, 1.807) is 30.2 Å². The molecule has 0 aliphatic carbocycles. The van der Waals surface area contributed by atoms with Crippen LogP contribution in [0, 0.1) is 0 Å². The SMILES string of the molecule is CC(=O)N1CCC(n2cc(-c3ncc(N)c4oc(-c5c6cnccc6nn5C)cc34)cn2)CC1. The number of aromatic nitrogens is 6. The highest BCUT2D eigenvalue weighted by atomic mass is 16.3. The zero-order valence-electron chi connectivity index (χ0n) is 19.0. The molecule has 0 radical (unpaired) electrons. The first kappa shape index (κ1) is 20.4. The average Bonchev–Trinajstić information content (AvgIpc) is 3.56. The molecule has 0 bridgehead atoms. The van der Waals surface area contributed by atoms with Gasteiger partial charge in [-0.1, -0.05) is 0 Å². The Bertz CT molecular complexity index is 1540. The summed E-state index contributed by atoms with van der Waals surface area (Å²) in [5.74, 6) is 0.777. The number of anilines is 1. The molecule has 10 heteroatoms. The molecule has 0 saturated carbocycles. The first-order valence-corrected chi connectivity index (χ1v) is 11.2. The van der Waals surface area contributed by atoms with Crippen molar-refractivity contribution in [3.63, 3.8) is 0 Å². The van der Waals surface area contributed by atoms with Crippen molar-refractivity contribution in [2.45, 2.75) is 25.8 Å². The van der Waals surface area contributed by atoms with Crippen molar-refractivity contribution >= 4 is 33.5 Å². The molecule has 6 rings (SSSR count). The minimum Gasteiger partial charge on any atom is -0.452 e. The molecule has 1 aliphatic rings. The lowest BCUT2D eigenvalue weighted by Crippen LogP contribution is -2.37. The molecule has 6 heterocycles. The average molecular weight is 457 g/mol. The topological polar surface area (TPSA) is 121 Å². The van der Waals surface area contributed by atoms with Crippen LogP contribution >= 0.6 is 0 Å². The van der Waals surface area contributed by atoms with Crippen LogP contribution in [-0.4, -0.2) is 53.4 Å². The van der Waals surface area contributed by atoms with E-state index < -0.39 is 0 Å². The monoisotopic (exact) mass is 456 g/mol. The van der Waals surface area contributed by atoms with Crippen LogP contribution in [0.15, 0.2) is 47.5 Å². The van der Waals surface area contributed by atoms with Crippen molar-refractivity contribution < 1.29 is 9.21 Å². The summed E-state index contributed by atoms with van der Waals surface area (Å²) in [4.78, 5) is 22.4. The molecule has 1 aliphatic heterocycles. The second-order valence-electron chi connectivity index (χ2n) is 8.73. The number of likely N-dealkylation sites (tertiary alicyclic amines) is 1. The molecule has 0 unspecified atom stereocenters. The van der Waals surface area contributed by atoms with Gasteiger partial charge in [0.15, 0.2) is 11.3 Å². The van der Waals surface area contributed by atoms with E-state index in [2.05, 4.69) is 20.2 Å². The third-order valence-electron chi connectivity index (χ3n) is 6.61. The van der Waals surface area contributed by atoms with Crippen molar-refractivity contribution in [2.75, 3.05) is 18.8 Å². The third-order valence-corrected chi connectivity index (χ3v) is 6.61. The lowest BCUT2D eigenvalue weighted by Gasteiger charge is -2.31. The number of hydrogen-bond acceptors (Lipinski definition) is 7. The quantitative estimate of drug-likeness (QED) is 0.442. The minimum absolute atomic E-state index is 0.126. The van der Waals surface area contributed by atoms with Crippen molar-refractivity contribution in [3.8, 4) is 22.7 Å². The molecule has 34 heavy (non-hydrogen) atoms. The fourth-order valence-electron chi connectivity index (χ4n) is 4.83. The van der Waals surface area contributed by atoms with Gasteiger partial charge in [-0.3, -0.25) is 24.1 Å². The van der Waals surface area contributed by atoms with Gasteiger partial charge in [0.1, 0.15) is 5.69 Å². The summed E-state index contributed by atoms with van der Waals surface area (Å²) in [5, 5.41) is 10.9. The van der Waals surface area contributed by atoms with Gasteiger partial charge in [0.2, 0.25) is 5.91 Å². The summed E-state index contributed by atoms with van der Waals surface area (Å²) in [6, 6.07) is 4.08. The fraction of sp³-hybridized carbons (Fsp3) is 0.292. The summed E-state index contributed by atoms with van der Waals surface area (Å²) >= 11 is 0. The van der Waals surface area contributed by atoms with Crippen LogP contribution in [0.3, 0.4) is 0 Å². The number of hydrogen-bond donors (Lipinski definition) is 1. The molecule has 172 valence electrons. The smallest absolute Gasteiger partial charge is 0.219 e. The Morgan fingerprint density at radius 2 is 2.00 bits per heavy atom. The minimum atomic E-state index is 0.126. The van der Waals surface area contributed by atoms with E-state index in [1.165, 1.54) is 0 Å². The van der Waals surface area contributed by atoms with Crippen LogP contribution < -0.4 is 5.73 Å². The molecule has 1 amide bonds. The molecule has 10 nitrogen and oxygen atoms in total. The maximum Gasteiger partial charge on any atom is 0.219 e. The molecule has 0 spiro atoms. The molecule has 5 aromatic rings. The van der Waals surface area contributed by atoms with Gasteiger partial charge in [-0.25, -0.2) is 0 Å². The van der Waals surface area contributed by atoms with Crippen LogP contribution in [0.2, 0.25) is 0 Å². The highest BCUT2D eigenvalue weighted by molar-refractivity contribution is 6.01. The highest BCUT2D eigenvalue weighted by Crippen LogP contribution is 2.38. The van der Waals surface area contributed by atoms with E-state index in [9.17, 15) is 4.79 Å². The molecule has 2 N–H and O–H groups in total. The standard InChI is InChI=1S/C24H24N8O2/c1-14(33)31-7-4-16(5-8-31)32-13-15(10-28-32)22-17-9-21(34-24(17)19(25)12-27-22)23-18-11-26-6-3-20(18)29-30(23)2/h3,6,9-13,16H,4-5,7-8,25H2,1-2H3. The fourth-order valence-corrected chi connectivity index (χ4v) is 4.83. The number of furan rings is 1. The Hall–Kier alpha value is -4.21. The number of nitrogens with two attached hydrogens (primary N) is 1. The summed E-state index contributed by atoms with van der Waals surface area (Å²) in [6.45, 7) is 3.12. The van der Waals surface area contributed by atoms with Crippen LogP contribution in [0.1, 0.15) is 25.8 Å². The van der Waals surface area contributed by atoms with Gasteiger partial charge < -0.3 is 15.1 Å². The Balaban J connectivity index is 1.39. The van der Waals surface area contributed by atoms with Crippen LogP contribution in [-0.2, 0) is 11.8 Å². The number of carbonyl (C=O) groups excluding carboxylic acids is 1. The maximum atomic E-state index is 11.6. The van der Waals surface area contributed by atoms with Gasteiger partial charge >= 0.3 is 0 Å². The van der Waals surface area contributed by atoms with Gasteiger partial charge in [0.05, 0.1) is 35.3 Å². The van der Waals surface area contributed by atoms with Gasteiger partial charge in [-0.15, -0.1) is 0 Å². The van der Waals surface area contributed by atoms with Gasteiger partial charge in [0.25, 0.3) is 0 Å². The number of aryl methyl sites for hydroxylation is 1. The Kier molecular flexibility index (Phi) is 4.61. The van der Waals surface area contributed by atoms with Crippen molar-refractivity contribution in [3.05, 3.63) is 43.1 Å². The number of pyridine rings is 2. The summed E-state index contributed by atoms with van der Waals surface area (Å²) < 4.78 is 10.0. The second-order valence-corrected chi connectivity index (χ2v) is 8.73. The number of amides is 1. The molecule has 1 fully saturated rings. The van der Waals surface area contributed by atoms with Crippen LogP contribution in [0.25, 0.3) is 44.6 Å². The van der Waals surface area contributed by atoms with Gasteiger partial charge in [-0.05, 0) is 25.0 Å². The van der Waals surface area contributed by atoms with E-state index in [1.807, 2.05) is 41.2 Å². The zero-order chi connectivity index (χ0) is 23.4. The highest BCUT2D eigenvalue weighted by Gasteiger charge is 2.24. The van der Waals surface area contributed by atoms with Crippen LogP contribution in [0.4, 0.5) is 5.69 Å². The summed E-state index contributed by atoms with van der Waals surface area (Å²) in [5.41, 5.74) is 10.6. The largest absolute Gasteiger partial charge is 0.452 e. The number of carbonyl (C=O) groups is 1. The molecule has 5 aromatic heterocycles. The van der Waals surface area contributed by atoms with E-state index in [0.29, 0.717) is 17.0 Å². The molecule has 0 atom stereocenters. The third kappa shape index (κ3) is 3.21. The molecule has 1 saturated heterocycles. The summed E-state index contributed by atoms with van der Waals surface area (Å²) in [7, 11) is 1.88. The van der Waals surface area contributed by atoms with E-state index >= 15 is 0 Å². The Morgan fingerprint density at radius 3 is 2.79 bits per heavy atom. The predicted molar refractivity (Wildman–Crippen MR) is 128 cm³/mol. The van der Waals surface area contributed by atoms with E-state index in [0.717, 1.165) is 59.2 Å². The number of piperidine rings is 1. The number of nitrogen functional groups attached to an aromatic ring is 1. The predicted octanol–water partition coefficient (Wildman–Crippen LogP) is 3.41.